The average molecular weight is 214 g/mol. The number of rotatable bonds is 5. The molecule has 90 valence electrons. The fraction of sp³-hybridized carbons (Fsp3) is 1.00. The smallest absolute Gasteiger partial charge is 0.0766 e. The minimum atomic E-state index is -0.586. The van der Waals surface area contributed by atoms with Crippen molar-refractivity contribution in [3.8, 4) is 0 Å². The molecule has 2 N–H and O–H groups in total. The van der Waals surface area contributed by atoms with Crippen molar-refractivity contribution in [3.05, 3.63) is 0 Å². The first-order valence-electron chi connectivity index (χ1n) is 6.07. The predicted octanol–water partition coefficient (Wildman–Crippen LogP) is 1.08. The van der Waals surface area contributed by atoms with Crippen LogP contribution < -0.4 is 5.32 Å². The van der Waals surface area contributed by atoms with E-state index in [0.717, 1.165) is 6.54 Å². The van der Waals surface area contributed by atoms with Gasteiger partial charge in [0.15, 0.2) is 0 Å². The van der Waals surface area contributed by atoms with Gasteiger partial charge in [0.05, 0.1) is 5.60 Å². The normalized spacial score (nSPS) is 27.2. The van der Waals surface area contributed by atoms with Crippen LogP contribution in [0.25, 0.3) is 0 Å². The summed E-state index contributed by atoms with van der Waals surface area (Å²) in [6, 6.07) is 0.660. The predicted molar refractivity (Wildman–Crippen MR) is 64.0 cm³/mol. The third-order valence-electron chi connectivity index (χ3n) is 3.78. The van der Waals surface area contributed by atoms with Crippen molar-refractivity contribution in [2.24, 2.45) is 5.92 Å². The molecule has 0 radical (unpaired) electrons. The lowest BCUT2D eigenvalue weighted by molar-refractivity contribution is 0.0134. The lowest BCUT2D eigenvalue weighted by Crippen LogP contribution is -2.45. The second kappa shape index (κ2) is 5.28. The van der Waals surface area contributed by atoms with Gasteiger partial charge in [-0.2, -0.15) is 0 Å². The summed E-state index contributed by atoms with van der Waals surface area (Å²) in [6.07, 6.45) is 2.59. The first-order valence-corrected chi connectivity index (χ1v) is 6.07. The highest BCUT2D eigenvalue weighted by Gasteiger charge is 2.26. The Morgan fingerprint density at radius 1 is 1.53 bits per heavy atom. The standard InChI is InChI=1S/C12H26N2O/c1-10(2)12(3,15)9-13-8-11-6-5-7-14(11)4/h10-11,13,15H,5-9H2,1-4H3. The zero-order valence-corrected chi connectivity index (χ0v) is 10.6. The molecule has 1 rings (SSSR count). The van der Waals surface area contributed by atoms with Gasteiger partial charge in [-0.3, -0.25) is 0 Å². The van der Waals surface area contributed by atoms with Gasteiger partial charge in [0.1, 0.15) is 0 Å². The monoisotopic (exact) mass is 214 g/mol. The third-order valence-corrected chi connectivity index (χ3v) is 3.78. The largest absolute Gasteiger partial charge is 0.389 e. The zero-order valence-electron chi connectivity index (χ0n) is 10.6. The molecule has 15 heavy (non-hydrogen) atoms. The van der Waals surface area contributed by atoms with Crippen molar-refractivity contribution in [1.82, 2.24) is 10.2 Å². The molecule has 0 aromatic rings. The Kier molecular flexibility index (Phi) is 4.56. The lowest BCUT2D eigenvalue weighted by Gasteiger charge is -2.29. The van der Waals surface area contributed by atoms with Crippen LogP contribution in [0.1, 0.15) is 33.6 Å². The molecule has 2 atom stereocenters. The number of likely N-dealkylation sites (N-methyl/N-ethyl adjacent to an activating group) is 1. The van der Waals surface area contributed by atoms with Crippen LogP contribution in [-0.4, -0.2) is 48.3 Å². The Balaban J connectivity index is 2.21. The molecule has 0 saturated carbocycles. The molecule has 0 aromatic carbocycles. The lowest BCUT2D eigenvalue weighted by atomic mass is 9.92. The molecule has 1 aliphatic heterocycles. The maximum Gasteiger partial charge on any atom is 0.0766 e. The van der Waals surface area contributed by atoms with Crippen molar-refractivity contribution in [2.75, 3.05) is 26.7 Å². The first kappa shape index (κ1) is 12.9. The molecule has 3 nitrogen and oxygen atoms in total. The number of aliphatic hydroxyl groups is 1. The molecule has 1 saturated heterocycles. The van der Waals surface area contributed by atoms with Gasteiger partial charge in [-0.15, -0.1) is 0 Å². The van der Waals surface area contributed by atoms with Gasteiger partial charge < -0.3 is 15.3 Å². The number of nitrogens with one attached hydrogen (secondary N) is 1. The van der Waals surface area contributed by atoms with Crippen molar-refractivity contribution >= 4 is 0 Å². The van der Waals surface area contributed by atoms with Gasteiger partial charge in [0.2, 0.25) is 0 Å². The summed E-state index contributed by atoms with van der Waals surface area (Å²) in [7, 11) is 2.18. The number of hydrogen-bond acceptors (Lipinski definition) is 3. The Bertz CT molecular complexity index is 192. The number of likely N-dealkylation sites (tertiary alicyclic amines) is 1. The van der Waals surface area contributed by atoms with E-state index in [1.165, 1.54) is 19.4 Å². The maximum absolute atomic E-state index is 10.1. The van der Waals surface area contributed by atoms with E-state index in [4.69, 9.17) is 0 Å². The van der Waals surface area contributed by atoms with E-state index in [1.54, 1.807) is 0 Å². The zero-order chi connectivity index (χ0) is 11.5. The quantitative estimate of drug-likeness (QED) is 0.719. The van der Waals surface area contributed by atoms with E-state index in [1.807, 2.05) is 6.92 Å². The van der Waals surface area contributed by atoms with Gasteiger partial charge in [-0.05, 0) is 39.3 Å². The highest BCUT2D eigenvalue weighted by molar-refractivity contribution is 4.82. The van der Waals surface area contributed by atoms with Gasteiger partial charge >= 0.3 is 0 Å². The van der Waals surface area contributed by atoms with Crippen molar-refractivity contribution in [1.29, 1.82) is 0 Å². The van der Waals surface area contributed by atoms with Crippen LogP contribution in [0.4, 0.5) is 0 Å². The summed E-state index contributed by atoms with van der Waals surface area (Å²) in [5.41, 5.74) is -0.586. The molecule has 1 aliphatic rings. The minimum absolute atomic E-state index is 0.298. The maximum atomic E-state index is 10.1. The van der Waals surface area contributed by atoms with Crippen LogP contribution in [0, 0.1) is 5.92 Å². The topological polar surface area (TPSA) is 35.5 Å². The van der Waals surface area contributed by atoms with E-state index in [0.29, 0.717) is 18.5 Å². The fourth-order valence-electron chi connectivity index (χ4n) is 1.93. The van der Waals surface area contributed by atoms with Crippen molar-refractivity contribution < 1.29 is 5.11 Å². The molecule has 2 unspecified atom stereocenters. The summed E-state index contributed by atoms with van der Waals surface area (Å²) in [4.78, 5) is 2.40. The molecule has 0 spiro atoms. The number of hydrogen-bond donors (Lipinski definition) is 2. The van der Waals surface area contributed by atoms with E-state index in [2.05, 4.69) is 31.1 Å². The Morgan fingerprint density at radius 3 is 2.67 bits per heavy atom. The summed E-state index contributed by atoms with van der Waals surface area (Å²) in [6.45, 7) is 8.93. The van der Waals surface area contributed by atoms with Crippen LogP contribution in [0.2, 0.25) is 0 Å². The summed E-state index contributed by atoms with van der Waals surface area (Å²) < 4.78 is 0. The van der Waals surface area contributed by atoms with E-state index >= 15 is 0 Å². The SMILES string of the molecule is CC(C)C(C)(O)CNCC1CCCN1C. The molecule has 0 amide bonds. The van der Waals surface area contributed by atoms with E-state index in [-0.39, 0.29) is 0 Å². The van der Waals surface area contributed by atoms with Crippen LogP contribution in [0.5, 0.6) is 0 Å². The molecule has 3 heteroatoms. The van der Waals surface area contributed by atoms with Gasteiger partial charge in [0.25, 0.3) is 0 Å². The molecular formula is C12H26N2O. The summed E-state index contributed by atoms with van der Waals surface area (Å²) in [5.74, 6) is 0.298. The van der Waals surface area contributed by atoms with Crippen molar-refractivity contribution in [2.45, 2.75) is 45.3 Å². The molecule has 0 aromatic heterocycles. The van der Waals surface area contributed by atoms with Crippen molar-refractivity contribution in [3.63, 3.8) is 0 Å². The van der Waals surface area contributed by atoms with Gasteiger partial charge in [-0.25, -0.2) is 0 Å². The van der Waals surface area contributed by atoms with Crippen LogP contribution in [-0.2, 0) is 0 Å². The van der Waals surface area contributed by atoms with Crippen LogP contribution in [0.3, 0.4) is 0 Å². The highest BCUT2D eigenvalue weighted by atomic mass is 16.3. The molecule has 0 aliphatic carbocycles. The summed E-state index contributed by atoms with van der Waals surface area (Å²) in [5, 5.41) is 13.4. The van der Waals surface area contributed by atoms with Gasteiger partial charge in [-0.1, -0.05) is 13.8 Å². The van der Waals surface area contributed by atoms with E-state index < -0.39 is 5.60 Å². The van der Waals surface area contributed by atoms with Gasteiger partial charge in [0, 0.05) is 19.1 Å². The Morgan fingerprint density at radius 2 is 2.20 bits per heavy atom. The second-order valence-corrected chi connectivity index (χ2v) is 5.42. The minimum Gasteiger partial charge on any atom is -0.389 e. The first-order chi connectivity index (χ1) is 6.93. The Labute approximate surface area is 93.9 Å². The molecular weight excluding hydrogens is 188 g/mol. The molecule has 1 heterocycles. The third kappa shape index (κ3) is 3.74. The number of nitrogens with zero attached hydrogens (tertiary/aromatic N) is 1. The van der Waals surface area contributed by atoms with E-state index in [9.17, 15) is 5.11 Å². The van der Waals surface area contributed by atoms with Crippen LogP contribution >= 0.6 is 0 Å². The molecule has 1 fully saturated rings. The average Bonchev–Trinajstić information content (AvgIpc) is 2.51. The summed E-state index contributed by atoms with van der Waals surface area (Å²) >= 11 is 0. The van der Waals surface area contributed by atoms with Crippen LogP contribution in [0.15, 0.2) is 0 Å². The molecule has 0 bridgehead atoms. The second-order valence-electron chi connectivity index (χ2n) is 5.42. The highest BCUT2D eigenvalue weighted by Crippen LogP contribution is 2.16. The fourth-order valence-corrected chi connectivity index (χ4v) is 1.93. The Hall–Kier alpha value is -0.120.